The van der Waals surface area contributed by atoms with Crippen LogP contribution in [0.25, 0.3) is 0 Å². The van der Waals surface area contributed by atoms with Crippen LogP contribution in [0.4, 0.5) is 4.79 Å². The number of piperazine rings is 1. The van der Waals surface area contributed by atoms with Crippen molar-refractivity contribution < 1.29 is 14.3 Å². The summed E-state index contributed by atoms with van der Waals surface area (Å²) < 4.78 is 5.40. The SMILES string of the molecule is CC(=O)NCCCC[C@H]1CN(C(=O)OCc2ccccc2)CCN1. The number of hydrogen-bond donors (Lipinski definition) is 2. The van der Waals surface area contributed by atoms with Crippen LogP contribution in [-0.2, 0) is 16.1 Å². The van der Waals surface area contributed by atoms with Crippen molar-refractivity contribution in [3.63, 3.8) is 0 Å². The number of nitrogens with one attached hydrogen (secondary N) is 2. The van der Waals surface area contributed by atoms with Gasteiger partial charge >= 0.3 is 6.09 Å². The van der Waals surface area contributed by atoms with Crippen molar-refractivity contribution in [2.75, 3.05) is 26.2 Å². The van der Waals surface area contributed by atoms with Gasteiger partial charge in [-0.15, -0.1) is 0 Å². The first-order chi connectivity index (χ1) is 11.6. The van der Waals surface area contributed by atoms with Gasteiger partial charge in [-0.05, 0) is 18.4 Å². The Morgan fingerprint density at radius 1 is 1.29 bits per heavy atom. The minimum atomic E-state index is -0.247. The fourth-order valence-corrected chi connectivity index (χ4v) is 2.78. The van der Waals surface area contributed by atoms with Gasteiger partial charge in [-0.3, -0.25) is 4.79 Å². The van der Waals surface area contributed by atoms with Crippen LogP contribution in [0, 0.1) is 0 Å². The molecule has 1 fully saturated rings. The summed E-state index contributed by atoms with van der Waals surface area (Å²) in [5, 5.41) is 6.24. The average Bonchev–Trinajstić information content (AvgIpc) is 2.60. The maximum Gasteiger partial charge on any atom is 0.410 e. The highest BCUT2D eigenvalue weighted by molar-refractivity contribution is 5.72. The maximum atomic E-state index is 12.2. The highest BCUT2D eigenvalue weighted by Gasteiger charge is 2.23. The first-order valence-electron chi connectivity index (χ1n) is 8.58. The van der Waals surface area contributed by atoms with Gasteiger partial charge in [0.25, 0.3) is 0 Å². The van der Waals surface area contributed by atoms with Crippen LogP contribution in [0.5, 0.6) is 0 Å². The van der Waals surface area contributed by atoms with E-state index in [0.717, 1.165) is 31.4 Å². The van der Waals surface area contributed by atoms with Crippen molar-refractivity contribution in [2.24, 2.45) is 0 Å². The van der Waals surface area contributed by atoms with Gasteiger partial charge in [-0.1, -0.05) is 36.8 Å². The Labute approximate surface area is 143 Å². The van der Waals surface area contributed by atoms with Gasteiger partial charge in [0.1, 0.15) is 6.61 Å². The number of rotatable bonds is 7. The van der Waals surface area contributed by atoms with Crippen LogP contribution in [0.1, 0.15) is 31.7 Å². The average molecular weight is 333 g/mol. The molecule has 0 bridgehead atoms. The van der Waals surface area contributed by atoms with E-state index < -0.39 is 0 Å². The molecule has 1 heterocycles. The van der Waals surface area contributed by atoms with Crippen LogP contribution in [0.3, 0.4) is 0 Å². The molecule has 1 atom stereocenters. The number of amides is 2. The van der Waals surface area contributed by atoms with E-state index in [1.54, 1.807) is 4.90 Å². The van der Waals surface area contributed by atoms with Crippen molar-refractivity contribution in [3.05, 3.63) is 35.9 Å². The van der Waals surface area contributed by atoms with Crippen molar-refractivity contribution in [2.45, 2.75) is 38.8 Å². The van der Waals surface area contributed by atoms with Crippen molar-refractivity contribution in [3.8, 4) is 0 Å². The molecule has 132 valence electrons. The zero-order chi connectivity index (χ0) is 17.2. The van der Waals surface area contributed by atoms with Crippen molar-refractivity contribution in [1.29, 1.82) is 0 Å². The summed E-state index contributed by atoms with van der Waals surface area (Å²) >= 11 is 0. The quantitative estimate of drug-likeness (QED) is 0.748. The van der Waals surface area contributed by atoms with E-state index in [1.807, 2.05) is 30.3 Å². The third-order valence-corrected chi connectivity index (χ3v) is 4.07. The van der Waals surface area contributed by atoms with Gasteiger partial charge in [-0.25, -0.2) is 4.79 Å². The molecule has 6 nitrogen and oxygen atoms in total. The molecule has 0 spiro atoms. The Kier molecular flexibility index (Phi) is 7.55. The lowest BCUT2D eigenvalue weighted by Crippen LogP contribution is -2.52. The largest absolute Gasteiger partial charge is 0.445 e. The first-order valence-corrected chi connectivity index (χ1v) is 8.58. The minimum absolute atomic E-state index is 0.0122. The van der Waals surface area contributed by atoms with Crippen LogP contribution >= 0.6 is 0 Å². The van der Waals surface area contributed by atoms with Crippen molar-refractivity contribution >= 4 is 12.0 Å². The molecule has 1 aromatic rings. The van der Waals surface area contributed by atoms with Crippen molar-refractivity contribution in [1.82, 2.24) is 15.5 Å². The van der Waals surface area contributed by atoms with Crippen LogP contribution in [0.2, 0.25) is 0 Å². The summed E-state index contributed by atoms with van der Waals surface area (Å²) in [6.07, 6.45) is 2.71. The minimum Gasteiger partial charge on any atom is -0.445 e. The van der Waals surface area contributed by atoms with Crippen LogP contribution < -0.4 is 10.6 Å². The van der Waals surface area contributed by atoms with E-state index in [1.165, 1.54) is 6.92 Å². The zero-order valence-corrected chi connectivity index (χ0v) is 14.3. The summed E-state index contributed by atoms with van der Waals surface area (Å²) in [5.41, 5.74) is 0.996. The molecule has 24 heavy (non-hydrogen) atoms. The smallest absolute Gasteiger partial charge is 0.410 e. The van der Waals surface area contributed by atoms with E-state index in [9.17, 15) is 9.59 Å². The van der Waals surface area contributed by atoms with Crippen LogP contribution in [0.15, 0.2) is 30.3 Å². The molecule has 6 heteroatoms. The number of ether oxygens (including phenoxy) is 1. The zero-order valence-electron chi connectivity index (χ0n) is 14.3. The Balaban J connectivity index is 1.66. The molecular weight excluding hydrogens is 306 g/mol. The Morgan fingerprint density at radius 2 is 2.08 bits per heavy atom. The van der Waals surface area contributed by atoms with E-state index in [2.05, 4.69) is 10.6 Å². The highest BCUT2D eigenvalue weighted by Crippen LogP contribution is 2.09. The monoisotopic (exact) mass is 333 g/mol. The highest BCUT2D eigenvalue weighted by atomic mass is 16.6. The molecule has 2 N–H and O–H groups in total. The number of benzene rings is 1. The lowest BCUT2D eigenvalue weighted by molar-refractivity contribution is -0.118. The predicted octanol–water partition coefficient (Wildman–Crippen LogP) is 1.90. The second kappa shape index (κ2) is 9.93. The Hall–Kier alpha value is -2.08. The van der Waals surface area contributed by atoms with Crippen LogP contribution in [-0.4, -0.2) is 49.1 Å². The molecule has 0 aromatic heterocycles. The van der Waals surface area contributed by atoms with E-state index in [-0.39, 0.29) is 12.0 Å². The second-order valence-corrected chi connectivity index (χ2v) is 6.12. The number of hydrogen-bond acceptors (Lipinski definition) is 4. The molecule has 0 radical (unpaired) electrons. The molecule has 0 saturated carbocycles. The Bertz CT molecular complexity index is 522. The number of unbranched alkanes of at least 4 members (excludes halogenated alkanes) is 1. The molecule has 0 unspecified atom stereocenters. The normalized spacial score (nSPS) is 17.4. The summed E-state index contributed by atoms with van der Waals surface area (Å²) in [7, 11) is 0. The molecular formula is C18H27N3O3. The number of carbonyl (C=O) groups is 2. The lowest BCUT2D eigenvalue weighted by atomic mass is 10.1. The lowest BCUT2D eigenvalue weighted by Gasteiger charge is -2.33. The molecule has 2 rings (SSSR count). The second-order valence-electron chi connectivity index (χ2n) is 6.12. The number of nitrogens with zero attached hydrogens (tertiary/aromatic N) is 1. The molecule has 0 aliphatic carbocycles. The fraction of sp³-hybridized carbons (Fsp3) is 0.556. The molecule has 1 aromatic carbocycles. The van der Waals surface area contributed by atoms with Gasteiger partial charge in [0.2, 0.25) is 5.91 Å². The molecule has 2 amide bonds. The standard InChI is InChI=1S/C18H27N3O3/c1-15(22)19-10-6-5-9-17-13-21(12-11-20-17)18(23)24-14-16-7-3-2-4-8-16/h2-4,7-8,17,20H,5-6,9-14H2,1H3,(H,19,22)/t17-/m0/s1. The Morgan fingerprint density at radius 3 is 2.83 bits per heavy atom. The summed E-state index contributed by atoms with van der Waals surface area (Å²) in [4.78, 5) is 24.8. The molecule has 1 aliphatic heterocycles. The van der Waals surface area contributed by atoms with E-state index >= 15 is 0 Å². The van der Waals surface area contributed by atoms with Gasteiger partial charge in [0.15, 0.2) is 0 Å². The summed E-state index contributed by atoms with van der Waals surface area (Å²) in [6.45, 7) is 4.69. The third kappa shape index (κ3) is 6.58. The maximum absolute atomic E-state index is 12.2. The summed E-state index contributed by atoms with van der Waals surface area (Å²) in [5.74, 6) is 0.0122. The fourth-order valence-electron chi connectivity index (χ4n) is 2.78. The van der Waals surface area contributed by atoms with Gasteiger partial charge in [0, 0.05) is 39.1 Å². The molecule has 1 saturated heterocycles. The summed E-state index contributed by atoms with van der Waals surface area (Å²) in [6, 6.07) is 10.0. The molecule has 1 aliphatic rings. The number of carbonyl (C=O) groups excluding carboxylic acids is 2. The predicted molar refractivity (Wildman–Crippen MR) is 92.5 cm³/mol. The topological polar surface area (TPSA) is 70.7 Å². The van der Waals surface area contributed by atoms with E-state index in [4.69, 9.17) is 4.74 Å². The van der Waals surface area contributed by atoms with Gasteiger partial charge < -0.3 is 20.3 Å². The van der Waals surface area contributed by atoms with Gasteiger partial charge in [0.05, 0.1) is 0 Å². The third-order valence-electron chi connectivity index (χ3n) is 4.07. The van der Waals surface area contributed by atoms with E-state index in [0.29, 0.717) is 32.3 Å². The first kappa shape index (κ1) is 18.3. The van der Waals surface area contributed by atoms with Gasteiger partial charge in [-0.2, -0.15) is 0 Å².